The first-order valence-electron chi connectivity index (χ1n) is 10.5. The normalized spacial score (nSPS) is 20.2. The van der Waals surface area contributed by atoms with Crippen molar-refractivity contribution in [3.8, 4) is 11.5 Å². The van der Waals surface area contributed by atoms with Crippen molar-refractivity contribution in [1.82, 2.24) is 15.0 Å². The van der Waals surface area contributed by atoms with E-state index in [-0.39, 0.29) is 12.5 Å². The summed E-state index contributed by atoms with van der Waals surface area (Å²) in [5.74, 6) is 2.32. The highest BCUT2D eigenvalue weighted by Crippen LogP contribution is 2.22. The quantitative estimate of drug-likeness (QED) is 0.687. The Balaban J connectivity index is 1.30. The summed E-state index contributed by atoms with van der Waals surface area (Å²) in [7, 11) is 1.61. The lowest BCUT2D eigenvalue weighted by molar-refractivity contribution is 0.0222. The Hall–Kier alpha value is -2.58. The van der Waals surface area contributed by atoms with Gasteiger partial charge >= 0.3 is 0 Å². The van der Waals surface area contributed by atoms with Crippen molar-refractivity contribution in [3.05, 3.63) is 41.8 Å². The number of hydrogen-bond acceptors (Lipinski definition) is 7. The molecule has 4 rings (SSSR count). The molecule has 3 heterocycles. The number of carbonyl (C=O) groups excluding carboxylic acids is 1. The smallest absolute Gasteiger partial charge is 0.276 e. The van der Waals surface area contributed by atoms with Crippen molar-refractivity contribution in [3.63, 3.8) is 0 Å². The lowest BCUT2D eigenvalue weighted by atomic mass is 9.97. The predicted molar refractivity (Wildman–Crippen MR) is 110 cm³/mol. The number of likely N-dealkylation sites (tertiary alicyclic amines) is 1. The molecule has 1 amide bonds. The summed E-state index contributed by atoms with van der Waals surface area (Å²) in [6.07, 6.45) is 2.17. The summed E-state index contributed by atoms with van der Waals surface area (Å²) in [5, 5.41) is 3.98. The van der Waals surface area contributed by atoms with Gasteiger partial charge in [0, 0.05) is 44.9 Å². The van der Waals surface area contributed by atoms with Crippen molar-refractivity contribution >= 4 is 5.91 Å². The summed E-state index contributed by atoms with van der Waals surface area (Å²) in [4.78, 5) is 17.3. The van der Waals surface area contributed by atoms with Crippen LogP contribution in [0.3, 0.4) is 0 Å². The van der Waals surface area contributed by atoms with E-state index < -0.39 is 0 Å². The summed E-state index contributed by atoms with van der Waals surface area (Å²) >= 11 is 0. The molecule has 0 saturated carbocycles. The van der Waals surface area contributed by atoms with Crippen LogP contribution in [-0.2, 0) is 11.3 Å². The van der Waals surface area contributed by atoms with Crippen LogP contribution in [0.4, 0.5) is 0 Å². The van der Waals surface area contributed by atoms with Crippen LogP contribution < -0.4 is 9.47 Å². The Morgan fingerprint density at radius 3 is 2.87 bits per heavy atom. The Morgan fingerprint density at radius 1 is 1.20 bits per heavy atom. The SMILES string of the molecule is COc1cccc(OCc2cc(C(=O)N3CCCC(CN4CCOCC4)C3)no2)c1. The predicted octanol–water partition coefficient (Wildman–Crippen LogP) is 2.45. The second kappa shape index (κ2) is 9.95. The van der Waals surface area contributed by atoms with Gasteiger partial charge in [-0.05, 0) is 30.9 Å². The van der Waals surface area contributed by atoms with Gasteiger partial charge < -0.3 is 23.6 Å². The van der Waals surface area contributed by atoms with E-state index in [4.69, 9.17) is 18.7 Å². The first-order chi connectivity index (χ1) is 14.7. The number of methoxy groups -OCH3 is 1. The molecule has 0 spiro atoms. The highest BCUT2D eigenvalue weighted by atomic mass is 16.5. The molecule has 8 nitrogen and oxygen atoms in total. The first-order valence-corrected chi connectivity index (χ1v) is 10.5. The Kier molecular flexibility index (Phi) is 6.86. The minimum atomic E-state index is -0.0712. The Morgan fingerprint density at radius 2 is 2.03 bits per heavy atom. The van der Waals surface area contributed by atoms with E-state index in [2.05, 4.69) is 10.1 Å². The van der Waals surface area contributed by atoms with E-state index in [1.165, 1.54) is 0 Å². The largest absolute Gasteiger partial charge is 0.497 e. The summed E-state index contributed by atoms with van der Waals surface area (Å²) in [6.45, 7) is 6.30. The molecule has 2 aromatic rings. The third-order valence-electron chi connectivity index (χ3n) is 5.63. The second-order valence-electron chi connectivity index (χ2n) is 7.82. The molecule has 2 fully saturated rings. The van der Waals surface area contributed by atoms with Gasteiger partial charge in [0.2, 0.25) is 0 Å². The number of carbonyl (C=O) groups is 1. The van der Waals surface area contributed by atoms with Gasteiger partial charge in [-0.25, -0.2) is 0 Å². The molecule has 2 aliphatic heterocycles. The third-order valence-corrected chi connectivity index (χ3v) is 5.63. The molecule has 2 saturated heterocycles. The fraction of sp³-hybridized carbons (Fsp3) is 0.545. The van der Waals surface area contributed by atoms with Crippen LogP contribution in [0.1, 0.15) is 29.1 Å². The molecule has 162 valence electrons. The molecule has 8 heteroatoms. The molecule has 1 atom stereocenters. The standard InChI is InChI=1S/C22H29N3O5/c1-27-18-5-2-6-19(12-18)29-16-20-13-21(23-30-20)22(26)25-7-3-4-17(15-25)14-24-8-10-28-11-9-24/h2,5-6,12-13,17H,3-4,7-11,14-16H2,1H3. The summed E-state index contributed by atoms with van der Waals surface area (Å²) in [6, 6.07) is 9.02. The number of amides is 1. The molecule has 2 aliphatic rings. The summed E-state index contributed by atoms with van der Waals surface area (Å²) in [5.41, 5.74) is 0.339. The molecule has 0 radical (unpaired) electrons. The number of morpholine rings is 1. The third kappa shape index (κ3) is 5.31. The van der Waals surface area contributed by atoms with Crippen LogP contribution in [0.2, 0.25) is 0 Å². The molecular weight excluding hydrogens is 386 g/mol. The van der Waals surface area contributed by atoms with Gasteiger partial charge in [0.05, 0.1) is 20.3 Å². The Labute approximate surface area is 176 Å². The maximum Gasteiger partial charge on any atom is 0.276 e. The first kappa shape index (κ1) is 20.7. The lowest BCUT2D eigenvalue weighted by Crippen LogP contribution is -2.46. The zero-order valence-electron chi connectivity index (χ0n) is 17.4. The Bertz CT molecular complexity index is 834. The van der Waals surface area contributed by atoms with Crippen LogP contribution in [0, 0.1) is 5.92 Å². The number of hydrogen-bond donors (Lipinski definition) is 0. The molecule has 0 N–H and O–H groups in total. The molecule has 30 heavy (non-hydrogen) atoms. The van der Waals surface area contributed by atoms with Crippen LogP contribution >= 0.6 is 0 Å². The van der Waals surface area contributed by atoms with Crippen LogP contribution in [0.15, 0.2) is 34.9 Å². The van der Waals surface area contributed by atoms with Crippen molar-refractivity contribution in [1.29, 1.82) is 0 Å². The van der Waals surface area contributed by atoms with Gasteiger partial charge in [0.25, 0.3) is 5.91 Å². The van der Waals surface area contributed by atoms with E-state index >= 15 is 0 Å². The number of piperidine rings is 1. The molecule has 0 bridgehead atoms. The lowest BCUT2D eigenvalue weighted by Gasteiger charge is -2.36. The number of aromatic nitrogens is 1. The topological polar surface area (TPSA) is 77.3 Å². The van der Waals surface area contributed by atoms with Gasteiger partial charge in [0.1, 0.15) is 18.1 Å². The number of nitrogens with zero attached hydrogens (tertiary/aromatic N) is 3. The molecule has 1 unspecified atom stereocenters. The van der Waals surface area contributed by atoms with E-state index in [9.17, 15) is 4.79 Å². The molecule has 0 aliphatic carbocycles. The molecular formula is C22H29N3O5. The van der Waals surface area contributed by atoms with Gasteiger partial charge in [0.15, 0.2) is 11.5 Å². The minimum Gasteiger partial charge on any atom is -0.497 e. The van der Waals surface area contributed by atoms with Crippen molar-refractivity contribution in [2.45, 2.75) is 19.4 Å². The number of ether oxygens (including phenoxy) is 3. The van der Waals surface area contributed by atoms with Crippen molar-refractivity contribution in [2.75, 3.05) is 53.0 Å². The number of benzene rings is 1. The van der Waals surface area contributed by atoms with E-state index in [0.717, 1.165) is 64.5 Å². The zero-order chi connectivity index (χ0) is 20.8. The van der Waals surface area contributed by atoms with E-state index in [0.29, 0.717) is 23.1 Å². The number of rotatable bonds is 7. The fourth-order valence-electron chi connectivity index (χ4n) is 4.04. The van der Waals surface area contributed by atoms with E-state index in [1.807, 2.05) is 23.1 Å². The van der Waals surface area contributed by atoms with Gasteiger partial charge in [-0.15, -0.1) is 0 Å². The van der Waals surface area contributed by atoms with Crippen molar-refractivity contribution < 1.29 is 23.5 Å². The fourth-order valence-corrected chi connectivity index (χ4v) is 4.04. The van der Waals surface area contributed by atoms with E-state index in [1.54, 1.807) is 19.2 Å². The summed E-state index contributed by atoms with van der Waals surface area (Å²) < 4.78 is 21.7. The second-order valence-corrected chi connectivity index (χ2v) is 7.82. The maximum atomic E-state index is 12.9. The average Bonchev–Trinajstić information content (AvgIpc) is 3.27. The van der Waals surface area contributed by atoms with Crippen LogP contribution in [0.25, 0.3) is 0 Å². The highest BCUT2D eigenvalue weighted by Gasteiger charge is 2.28. The molecule has 1 aromatic carbocycles. The highest BCUT2D eigenvalue weighted by molar-refractivity contribution is 5.92. The monoisotopic (exact) mass is 415 g/mol. The minimum absolute atomic E-state index is 0.0712. The van der Waals surface area contributed by atoms with Gasteiger partial charge in [-0.1, -0.05) is 11.2 Å². The van der Waals surface area contributed by atoms with Crippen LogP contribution in [-0.4, -0.2) is 73.9 Å². The maximum absolute atomic E-state index is 12.9. The van der Waals surface area contributed by atoms with Crippen molar-refractivity contribution in [2.24, 2.45) is 5.92 Å². The molecule has 1 aromatic heterocycles. The van der Waals surface area contributed by atoms with Crippen LogP contribution in [0.5, 0.6) is 11.5 Å². The van der Waals surface area contributed by atoms with Gasteiger partial charge in [-0.3, -0.25) is 9.69 Å². The van der Waals surface area contributed by atoms with Gasteiger partial charge in [-0.2, -0.15) is 0 Å². The zero-order valence-corrected chi connectivity index (χ0v) is 17.4. The average molecular weight is 415 g/mol.